The molecule has 1 aliphatic carbocycles. The van der Waals surface area contributed by atoms with E-state index in [-0.39, 0.29) is 25.5 Å². The summed E-state index contributed by atoms with van der Waals surface area (Å²) in [6.07, 6.45) is 0.573. The number of alkyl carbamates (subject to hydrolysis) is 1. The number of nitrogens with zero attached hydrogens (tertiary/aromatic N) is 1. The van der Waals surface area contributed by atoms with Crippen molar-refractivity contribution in [3.63, 3.8) is 0 Å². The number of amides is 2. The molecule has 3 N–H and O–H groups in total. The van der Waals surface area contributed by atoms with Crippen molar-refractivity contribution in [1.29, 1.82) is 0 Å². The molecule has 1 heterocycles. The fourth-order valence-electron chi connectivity index (χ4n) is 5.86. The molecule has 3 aromatic carbocycles. The molecular formula is C32H35N3O5. The van der Waals surface area contributed by atoms with Crippen LogP contribution in [0, 0.1) is 0 Å². The van der Waals surface area contributed by atoms with Gasteiger partial charge in [0.25, 0.3) is 0 Å². The molecular weight excluding hydrogens is 506 g/mol. The van der Waals surface area contributed by atoms with Crippen LogP contribution >= 0.6 is 0 Å². The Morgan fingerprint density at radius 1 is 0.975 bits per heavy atom. The zero-order chi connectivity index (χ0) is 28.1. The van der Waals surface area contributed by atoms with Crippen molar-refractivity contribution in [2.24, 2.45) is 0 Å². The van der Waals surface area contributed by atoms with Gasteiger partial charge >= 0.3 is 12.1 Å². The fourth-order valence-corrected chi connectivity index (χ4v) is 5.86. The zero-order valence-corrected chi connectivity index (χ0v) is 22.6. The number of carboxylic acids is 1. The van der Waals surface area contributed by atoms with E-state index in [4.69, 9.17) is 4.74 Å². The summed E-state index contributed by atoms with van der Waals surface area (Å²) < 4.78 is 5.64. The summed E-state index contributed by atoms with van der Waals surface area (Å²) >= 11 is 0. The third kappa shape index (κ3) is 5.72. The normalized spacial score (nSPS) is 18.9. The number of carbonyl (C=O) groups excluding carboxylic acids is 2. The average Bonchev–Trinajstić information content (AvgIpc) is 3.51. The van der Waals surface area contributed by atoms with Crippen LogP contribution in [0.1, 0.15) is 48.8 Å². The highest BCUT2D eigenvalue weighted by atomic mass is 16.5. The van der Waals surface area contributed by atoms with E-state index in [0.29, 0.717) is 25.9 Å². The molecule has 1 unspecified atom stereocenters. The van der Waals surface area contributed by atoms with Crippen LogP contribution < -0.4 is 10.6 Å². The maximum Gasteiger partial charge on any atom is 0.407 e. The van der Waals surface area contributed by atoms with Crippen molar-refractivity contribution in [2.75, 3.05) is 19.7 Å². The maximum absolute atomic E-state index is 13.3. The maximum atomic E-state index is 13.3. The van der Waals surface area contributed by atoms with E-state index in [1.165, 1.54) is 0 Å². The van der Waals surface area contributed by atoms with Gasteiger partial charge in [0.2, 0.25) is 5.91 Å². The number of aliphatic carboxylic acids is 1. The fraction of sp³-hybridized carbons (Fsp3) is 0.344. The number of likely N-dealkylation sites (tertiary alicyclic amines) is 1. The number of hydrogen-bond donors (Lipinski definition) is 3. The van der Waals surface area contributed by atoms with Gasteiger partial charge in [-0.2, -0.15) is 0 Å². The Labute approximate surface area is 234 Å². The molecule has 40 heavy (non-hydrogen) atoms. The van der Waals surface area contributed by atoms with E-state index < -0.39 is 29.6 Å². The molecule has 0 spiro atoms. The molecule has 5 rings (SSSR count). The molecule has 0 saturated carbocycles. The molecule has 1 fully saturated rings. The number of rotatable bonds is 10. The number of carbonyl (C=O) groups is 3. The van der Waals surface area contributed by atoms with E-state index in [1.807, 2.05) is 78.6 Å². The van der Waals surface area contributed by atoms with Crippen molar-refractivity contribution in [3.05, 3.63) is 95.6 Å². The predicted octanol–water partition coefficient (Wildman–Crippen LogP) is 4.54. The average molecular weight is 542 g/mol. The zero-order valence-electron chi connectivity index (χ0n) is 22.6. The minimum absolute atomic E-state index is 0.0963. The second-order valence-corrected chi connectivity index (χ2v) is 10.6. The number of carboxylic acid groups (broad SMARTS) is 1. The number of hydrogen-bond acceptors (Lipinski definition) is 5. The Balaban J connectivity index is 1.21. The number of ether oxygens (including phenoxy) is 1. The molecule has 0 bridgehead atoms. The molecule has 0 radical (unpaired) electrons. The topological polar surface area (TPSA) is 108 Å². The largest absolute Gasteiger partial charge is 0.479 e. The smallest absolute Gasteiger partial charge is 0.407 e. The first-order valence-corrected chi connectivity index (χ1v) is 13.8. The molecule has 8 nitrogen and oxygen atoms in total. The second kappa shape index (κ2) is 11.9. The number of benzene rings is 3. The van der Waals surface area contributed by atoms with E-state index in [2.05, 4.69) is 22.8 Å². The second-order valence-electron chi connectivity index (χ2n) is 10.6. The summed E-state index contributed by atoms with van der Waals surface area (Å²) in [6, 6.07) is 25.1. The van der Waals surface area contributed by atoms with Gasteiger partial charge in [0.05, 0.1) is 0 Å². The molecule has 2 atom stereocenters. The third-order valence-corrected chi connectivity index (χ3v) is 7.90. The highest BCUT2D eigenvalue weighted by molar-refractivity contribution is 5.91. The van der Waals surface area contributed by atoms with Crippen LogP contribution in [0.4, 0.5) is 4.79 Å². The van der Waals surface area contributed by atoms with Crippen molar-refractivity contribution in [3.8, 4) is 11.1 Å². The number of fused-ring (bicyclic) bond motifs is 3. The standard InChI is InChI=1S/C32H35N3O5/c1-2-10-28(29(36)34-32(30(37)38)17-18-35(21-32)19-22-11-4-3-5-12-22)33-31(39)40-20-27-25-15-8-6-13-23(25)24-14-7-9-16-26(24)27/h3-9,11-16,27-28H,2,10,17-21H2,1H3,(H,33,39)(H,34,36)(H,37,38)/t28-,32?/m1/s1. The minimum Gasteiger partial charge on any atom is -0.479 e. The number of nitrogens with one attached hydrogen (secondary N) is 2. The van der Waals surface area contributed by atoms with Crippen LogP contribution in [0.15, 0.2) is 78.9 Å². The van der Waals surface area contributed by atoms with Crippen LogP contribution in [0.2, 0.25) is 0 Å². The van der Waals surface area contributed by atoms with Gasteiger partial charge in [-0.25, -0.2) is 9.59 Å². The van der Waals surface area contributed by atoms with Crippen LogP contribution in [0.3, 0.4) is 0 Å². The Kier molecular flexibility index (Phi) is 8.16. The van der Waals surface area contributed by atoms with Gasteiger partial charge in [-0.3, -0.25) is 9.69 Å². The lowest BCUT2D eigenvalue weighted by molar-refractivity contribution is -0.147. The third-order valence-electron chi connectivity index (χ3n) is 7.90. The van der Waals surface area contributed by atoms with Crippen molar-refractivity contribution in [1.82, 2.24) is 15.5 Å². The molecule has 208 valence electrons. The van der Waals surface area contributed by atoms with Crippen LogP contribution in [0.25, 0.3) is 11.1 Å². The first-order chi connectivity index (χ1) is 19.4. The Morgan fingerprint density at radius 2 is 1.60 bits per heavy atom. The molecule has 0 aromatic heterocycles. The quantitative estimate of drug-likeness (QED) is 0.348. The lowest BCUT2D eigenvalue weighted by atomic mass is 9.97. The molecule has 2 amide bonds. The first kappa shape index (κ1) is 27.4. The van der Waals surface area contributed by atoms with Crippen molar-refractivity contribution in [2.45, 2.75) is 50.2 Å². The molecule has 3 aromatic rings. The van der Waals surface area contributed by atoms with E-state index in [1.54, 1.807) is 0 Å². The van der Waals surface area contributed by atoms with Crippen molar-refractivity contribution >= 4 is 18.0 Å². The highest BCUT2D eigenvalue weighted by Gasteiger charge is 2.47. The lowest BCUT2D eigenvalue weighted by Crippen LogP contribution is -2.60. The molecule has 2 aliphatic rings. The summed E-state index contributed by atoms with van der Waals surface area (Å²) in [6.45, 7) is 3.37. The highest BCUT2D eigenvalue weighted by Crippen LogP contribution is 2.44. The lowest BCUT2D eigenvalue weighted by Gasteiger charge is -2.29. The van der Waals surface area contributed by atoms with Gasteiger partial charge in [0.1, 0.15) is 12.6 Å². The van der Waals surface area contributed by atoms with E-state index in [9.17, 15) is 19.5 Å². The predicted molar refractivity (Wildman–Crippen MR) is 152 cm³/mol. The molecule has 1 saturated heterocycles. The Bertz CT molecular complexity index is 1330. The Hall–Kier alpha value is -4.17. The van der Waals surface area contributed by atoms with E-state index >= 15 is 0 Å². The summed E-state index contributed by atoms with van der Waals surface area (Å²) in [5.74, 6) is -1.69. The monoisotopic (exact) mass is 541 g/mol. The van der Waals surface area contributed by atoms with Gasteiger partial charge in [-0.15, -0.1) is 0 Å². The summed E-state index contributed by atoms with van der Waals surface area (Å²) in [5.41, 5.74) is 4.13. The Morgan fingerprint density at radius 3 is 2.23 bits per heavy atom. The van der Waals surface area contributed by atoms with Gasteiger partial charge in [-0.1, -0.05) is 92.2 Å². The van der Waals surface area contributed by atoms with E-state index in [0.717, 1.165) is 27.8 Å². The van der Waals surface area contributed by atoms with Crippen LogP contribution in [0.5, 0.6) is 0 Å². The van der Waals surface area contributed by atoms with Gasteiger partial charge in [-0.05, 0) is 40.7 Å². The SMILES string of the molecule is CCC[C@@H](NC(=O)OCC1c2ccccc2-c2ccccc21)C(=O)NC1(C(=O)O)CCN(Cc2ccccc2)C1. The van der Waals surface area contributed by atoms with Crippen molar-refractivity contribution < 1.29 is 24.2 Å². The summed E-state index contributed by atoms with van der Waals surface area (Å²) in [4.78, 5) is 40.6. The molecule has 1 aliphatic heterocycles. The summed E-state index contributed by atoms with van der Waals surface area (Å²) in [5, 5.41) is 15.6. The van der Waals surface area contributed by atoms with Gasteiger partial charge < -0.3 is 20.5 Å². The van der Waals surface area contributed by atoms with Crippen LogP contribution in [-0.4, -0.2) is 59.3 Å². The first-order valence-electron chi connectivity index (χ1n) is 13.8. The minimum atomic E-state index is -1.42. The van der Waals surface area contributed by atoms with Gasteiger partial charge in [0, 0.05) is 25.6 Å². The van der Waals surface area contributed by atoms with Crippen LogP contribution in [-0.2, 0) is 20.9 Å². The molecule has 8 heteroatoms. The summed E-state index contributed by atoms with van der Waals surface area (Å²) in [7, 11) is 0. The van der Waals surface area contributed by atoms with Gasteiger partial charge in [0.15, 0.2) is 5.54 Å².